The maximum Gasteiger partial charge on any atom is 0.258 e. The van der Waals surface area contributed by atoms with E-state index in [1.54, 1.807) is 10.5 Å². The zero-order valence-corrected chi connectivity index (χ0v) is 13.8. The zero-order chi connectivity index (χ0) is 16.4. The van der Waals surface area contributed by atoms with Crippen LogP contribution in [0.1, 0.15) is 29.9 Å². The lowest BCUT2D eigenvalue weighted by Crippen LogP contribution is -2.23. The Hall–Kier alpha value is -2.17. The van der Waals surface area contributed by atoms with Crippen molar-refractivity contribution in [1.82, 2.24) is 14.7 Å². The third-order valence-electron chi connectivity index (χ3n) is 3.87. The largest absolute Gasteiger partial charge is 0.305 e. The molecule has 2 heterocycles. The highest BCUT2D eigenvalue weighted by atomic mass is 35.5. The number of hydrogen-bond acceptors (Lipinski definition) is 3. The van der Waals surface area contributed by atoms with Crippen LogP contribution < -0.4 is 10.9 Å². The molecular formula is C18H18ClN3O. The van der Waals surface area contributed by atoms with Gasteiger partial charge in [0, 0.05) is 29.4 Å². The van der Waals surface area contributed by atoms with Crippen LogP contribution >= 0.6 is 11.6 Å². The zero-order valence-electron chi connectivity index (χ0n) is 13.1. The summed E-state index contributed by atoms with van der Waals surface area (Å²) in [4.78, 5) is 16.8. The number of aromatic nitrogens is 2. The first kappa shape index (κ1) is 15.7. The Balaban J connectivity index is 1.81. The molecule has 3 aromatic rings. The summed E-state index contributed by atoms with van der Waals surface area (Å²) in [6.45, 7) is 4.48. The van der Waals surface area contributed by atoms with Gasteiger partial charge in [-0.15, -0.1) is 0 Å². The van der Waals surface area contributed by atoms with E-state index in [9.17, 15) is 4.79 Å². The van der Waals surface area contributed by atoms with Crippen molar-refractivity contribution < 1.29 is 0 Å². The summed E-state index contributed by atoms with van der Waals surface area (Å²) in [6, 6.07) is 15.1. The summed E-state index contributed by atoms with van der Waals surface area (Å²) in [7, 11) is 0. The molecule has 0 bridgehead atoms. The molecule has 1 N–H and O–H groups in total. The first-order valence-electron chi connectivity index (χ1n) is 7.52. The summed E-state index contributed by atoms with van der Waals surface area (Å²) in [5.74, 6) is 0. The quantitative estimate of drug-likeness (QED) is 0.797. The fraction of sp³-hybridized carbons (Fsp3) is 0.222. The Morgan fingerprint density at radius 3 is 2.78 bits per heavy atom. The molecule has 0 aliphatic carbocycles. The molecule has 5 heteroatoms. The Labute approximate surface area is 139 Å². The Bertz CT molecular complexity index is 904. The molecule has 1 aromatic carbocycles. The van der Waals surface area contributed by atoms with Crippen LogP contribution in [0.15, 0.2) is 53.3 Å². The van der Waals surface area contributed by atoms with Crippen molar-refractivity contribution in [1.29, 1.82) is 0 Å². The van der Waals surface area contributed by atoms with Crippen LogP contribution in [0.2, 0.25) is 5.02 Å². The fourth-order valence-electron chi connectivity index (χ4n) is 2.61. The highest BCUT2D eigenvalue weighted by Gasteiger charge is 2.08. The van der Waals surface area contributed by atoms with E-state index in [0.29, 0.717) is 17.2 Å². The highest BCUT2D eigenvalue weighted by molar-refractivity contribution is 6.30. The SMILES string of the molecule is Cc1cccc2nc(CN[C@@H](C)c3cccc(Cl)c3)cc(=O)n12. The molecule has 0 fully saturated rings. The van der Waals surface area contributed by atoms with Gasteiger partial charge in [0.25, 0.3) is 5.56 Å². The van der Waals surface area contributed by atoms with Crippen molar-refractivity contribution in [2.24, 2.45) is 0 Å². The third kappa shape index (κ3) is 3.44. The maximum absolute atomic E-state index is 12.3. The van der Waals surface area contributed by atoms with Crippen LogP contribution in [0.25, 0.3) is 5.65 Å². The Morgan fingerprint density at radius 2 is 2.00 bits per heavy atom. The van der Waals surface area contributed by atoms with E-state index < -0.39 is 0 Å². The number of nitrogens with zero attached hydrogens (tertiary/aromatic N) is 2. The van der Waals surface area contributed by atoms with Gasteiger partial charge in [-0.3, -0.25) is 9.20 Å². The number of pyridine rings is 1. The molecule has 0 amide bonds. The molecule has 3 rings (SSSR count). The molecule has 0 unspecified atom stereocenters. The molecule has 0 spiro atoms. The molecule has 1 atom stereocenters. The minimum Gasteiger partial charge on any atom is -0.305 e. The summed E-state index contributed by atoms with van der Waals surface area (Å²) < 4.78 is 1.61. The van der Waals surface area contributed by atoms with Crippen molar-refractivity contribution in [2.75, 3.05) is 0 Å². The van der Waals surface area contributed by atoms with Gasteiger partial charge in [0.1, 0.15) is 5.65 Å². The molecule has 0 saturated heterocycles. The van der Waals surface area contributed by atoms with Gasteiger partial charge in [0.05, 0.1) is 5.69 Å². The molecule has 0 aliphatic rings. The molecule has 0 radical (unpaired) electrons. The molecule has 4 nitrogen and oxygen atoms in total. The van der Waals surface area contributed by atoms with Crippen LogP contribution in [-0.4, -0.2) is 9.38 Å². The minimum atomic E-state index is -0.0553. The van der Waals surface area contributed by atoms with Crippen molar-refractivity contribution >= 4 is 17.2 Å². The topological polar surface area (TPSA) is 46.4 Å². The predicted octanol–water partition coefficient (Wildman–Crippen LogP) is 3.51. The van der Waals surface area contributed by atoms with Crippen LogP contribution in [-0.2, 0) is 6.54 Å². The average Bonchev–Trinajstić information content (AvgIpc) is 2.52. The van der Waals surface area contributed by atoms with Gasteiger partial charge < -0.3 is 5.32 Å². The molecule has 23 heavy (non-hydrogen) atoms. The lowest BCUT2D eigenvalue weighted by molar-refractivity contribution is 0.567. The number of nitrogens with one attached hydrogen (secondary N) is 1. The van der Waals surface area contributed by atoms with Crippen molar-refractivity contribution in [3.05, 3.63) is 80.9 Å². The standard InChI is InChI=1S/C18H18ClN3O/c1-12-5-3-8-17-21-16(10-18(23)22(12)17)11-20-13(2)14-6-4-7-15(19)9-14/h3-10,13,20H,11H2,1-2H3/t13-/m0/s1. The van der Waals surface area contributed by atoms with Crippen molar-refractivity contribution in [2.45, 2.75) is 26.4 Å². The van der Waals surface area contributed by atoms with Gasteiger partial charge in [-0.2, -0.15) is 0 Å². The van der Waals surface area contributed by atoms with E-state index in [2.05, 4.69) is 17.2 Å². The lowest BCUT2D eigenvalue weighted by Gasteiger charge is -2.14. The number of fused-ring (bicyclic) bond motifs is 1. The second kappa shape index (κ2) is 6.52. The van der Waals surface area contributed by atoms with Gasteiger partial charge in [0.15, 0.2) is 0 Å². The summed E-state index contributed by atoms with van der Waals surface area (Å²) in [5, 5.41) is 4.10. The van der Waals surface area contributed by atoms with Crippen LogP contribution in [0.4, 0.5) is 0 Å². The summed E-state index contributed by atoms with van der Waals surface area (Å²) in [6.07, 6.45) is 0. The summed E-state index contributed by atoms with van der Waals surface area (Å²) >= 11 is 6.02. The molecular weight excluding hydrogens is 310 g/mol. The van der Waals surface area contributed by atoms with Crippen LogP contribution in [0.3, 0.4) is 0 Å². The van der Waals surface area contributed by atoms with E-state index in [1.807, 2.05) is 49.4 Å². The van der Waals surface area contributed by atoms with Crippen molar-refractivity contribution in [3.8, 4) is 0 Å². The first-order chi connectivity index (χ1) is 11.0. The fourth-order valence-corrected chi connectivity index (χ4v) is 2.80. The number of rotatable bonds is 4. The Kier molecular flexibility index (Phi) is 4.46. The van der Waals surface area contributed by atoms with Crippen molar-refractivity contribution in [3.63, 3.8) is 0 Å². The van der Waals surface area contributed by atoms with E-state index in [4.69, 9.17) is 11.6 Å². The van der Waals surface area contributed by atoms with Gasteiger partial charge in [-0.05, 0) is 43.7 Å². The van der Waals surface area contributed by atoms with Gasteiger partial charge in [0.2, 0.25) is 0 Å². The van der Waals surface area contributed by atoms with E-state index in [-0.39, 0.29) is 11.6 Å². The monoisotopic (exact) mass is 327 g/mol. The van der Waals surface area contributed by atoms with Gasteiger partial charge >= 0.3 is 0 Å². The Morgan fingerprint density at radius 1 is 1.22 bits per heavy atom. The lowest BCUT2D eigenvalue weighted by atomic mass is 10.1. The minimum absolute atomic E-state index is 0.0553. The molecule has 118 valence electrons. The number of halogens is 1. The third-order valence-corrected chi connectivity index (χ3v) is 4.11. The average molecular weight is 328 g/mol. The maximum atomic E-state index is 12.3. The van der Waals surface area contributed by atoms with Crippen LogP contribution in [0.5, 0.6) is 0 Å². The number of aryl methyl sites for hydroxylation is 1. The normalized spacial score (nSPS) is 12.5. The first-order valence-corrected chi connectivity index (χ1v) is 7.89. The van der Waals surface area contributed by atoms with Crippen LogP contribution in [0, 0.1) is 6.92 Å². The second-order valence-electron chi connectivity index (χ2n) is 5.60. The van der Waals surface area contributed by atoms with Gasteiger partial charge in [-0.25, -0.2) is 4.98 Å². The van der Waals surface area contributed by atoms with E-state index >= 15 is 0 Å². The molecule has 0 aliphatic heterocycles. The predicted molar refractivity (Wildman–Crippen MR) is 92.9 cm³/mol. The second-order valence-corrected chi connectivity index (χ2v) is 6.04. The van der Waals surface area contributed by atoms with E-state index in [1.165, 1.54) is 0 Å². The summed E-state index contributed by atoms with van der Waals surface area (Å²) in [5.41, 5.74) is 3.33. The van der Waals surface area contributed by atoms with E-state index in [0.717, 1.165) is 17.0 Å². The molecule has 0 saturated carbocycles. The molecule has 2 aromatic heterocycles. The highest BCUT2D eigenvalue weighted by Crippen LogP contribution is 2.17. The van der Waals surface area contributed by atoms with Gasteiger partial charge in [-0.1, -0.05) is 29.8 Å². The number of benzene rings is 1. The number of hydrogen-bond donors (Lipinski definition) is 1. The smallest absolute Gasteiger partial charge is 0.258 e.